The van der Waals surface area contributed by atoms with Gasteiger partial charge in [0.1, 0.15) is 0 Å². The lowest BCUT2D eigenvalue weighted by Crippen LogP contribution is -2.50. The Hall–Kier alpha value is -1.87. The number of nitrogens with one attached hydrogen (secondary N) is 2. The Morgan fingerprint density at radius 1 is 1.17 bits per heavy atom. The summed E-state index contributed by atoms with van der Waals surface area (Å²) in [7, 11) is 0. The van der Waals surface area contributed by atoms with Crippen LogP contribution in [-0.4, -0.2) is 19.0 Å². The Bertz CT molecular complexity index is 714. The zero-order chi connectivity index (χ0) is 15.7. The third-order valence-corrected chi connectivity index (χ3v) is 5.81. The largest absolute Gasteiger partial charge is 0.352 e. The fourth-order valence-electron chi connectivity index (χ4n) is 4.21. The first-order valence-corrected chi connectivity index (χ1v) is 8.75. The van der Waals surface area contributed by atoms with E-state index in [0.29, 0.717) is 12.5 Å². The van der Waals surface area contributed by atoms with Crippen molar-refractivity contribution < 1.29 is 4.79 Å². The summed E-state index contributed by atoms with van der Waals surface area (Å²) < 4.78 is 0. The van der Waals surface area contributed by atoms with Crippen LogP contribution in [0.4, 0.5) is 0 Å². The summed E-state index contributed by atoms with van der Waals surface area (Å²) in [6.07, 6.45) is 4.45. The molecule has 2 aromatic rings. The number of fused-ring (bicyclic) bond motifs is 1. The molecule has 1 saturated carbocycles. The highest BCUT2D eigenvalue weighted by Gasteiger charge is 2.50. The Labute approximate surface area is 137 Å². The van der Waals surface area contributed by atoms with Crippen LogP contribution in [0.2, 0.25) is 0 Å². The maximum absolute atomic E-state index is 12.8. The molecule has 2 aromatic carbocycles. The van der Waals surface area contributed by atoms with E-state index in [-0.39, 0.29) is 11.3 Å². The second-order valence-corrected chi connectivity index (χ2v) is 7.06. The van der Waals surface area contributed by atoms with Gasteiger partial charge < -0.3 is 10.6 Å². The lowest BCUT2D eigenvalue weighted by molar-refractivity contribution is -0.140. The number of carbonyl (C=O) groups is 1. The molecule has 2 fully saturated rings. The van der Waals surface area contributed by atoms with E-state index in [1.165, 1.54) is 22.8 Å². The van der Waals surface area contributed by atoms with Gasteiger partial charge in [-0.3, -0.25) is 4.79 Å². The normalized spacial score (nSPS) is 22.7. The van der Waals surface area contributed by atoms with Crippen LogP contribution >= 0.6 is 0 Å². The van der Waals surface area contributed by atoms with Crippen molar-refractivity contribution in [2.45, 2.75) is 32.2 Å². The highest BCUT2D eigenvalue weighted by atomic mass is 16.2. The molecule has 3 heteroatoms. The molecule has 0 bridgehead atoms. The van der Waals surface area contributed by atoms with Gasteiger partial charge in [-0.15, -0.1) is 0 Å². The molecule has 0 spiro atoms. The molecule has 2 N–H and O–H groups in total. The van der Waals surface area contributed by atoms with Crippen LogP contribution in [0.25, 0.3) is 10.8 Å². The van der Waals surface area contributed by atoms with Crippen molar-refractivity contribution in [3.63, 3.8) is 0 Å². The molecule has 0 aromatic heterocycles. The van der Waals surface area contributed by atoms with Gasteiger partial charge in [-0.1, -0.05) is 42.8 Å². The Morgan fingerprint density at radius 3 is 2.70 bits per heavy atom. The van der Waals surface area contributed by atoms with Gasteiger partial charge in [0.25, 0.3) is 0 Å². The summed E-state index contributed by atoms with van der Waals surface area (Å²) >= 11 is 0. The lowest BCUT2D eigenvalue weighted by Gasteiger charge is -2.44. The van der Waals surface area contributed by atoms with E-state index >= 15 is 0 Å². The Kier molecular flexibility index (Phi) is 3.82. The van der Waals surface area contributed by atoms with E-state index in [0.717, 1.165) is 32.4 Å². The molecule has 0 radical (unpaired) electrons. The number of carbonyl (C=O) groups excluding carboxylic acids is 1. The van der Waals surface area contributed by atoms with Crippen molar-refractivity contribution >= 4 is 16.7 Å². The topological polar surface area (TPSA) is 41.1 Å². The number of hydrogen-bond donors (Lipinski definition) is 2. The van der Waals surface area contributed by atoms with Crippen LogP contribution in [0, 0.1) is 11.3 Å². The van der Waals surface area contributed by atoms with Crippen molar-refractivity contribution in [1.82, 2.24) is 10.6 Å². The van der Waals surface area contributed by atoms with E-state index in [1.807, 2.05) is 0 Å². The minimum atomic E-state index is -0.0969. The highest BCUT2D eigenvalue weighted by Crippen LogP contribution is 2.49. The number of benzene rings is 2. The van der Waals surface area contributed by atoms with Crippen LogP contribution in [0.15, 0.2) is 42.5 Å². The molecule has 0 unspecified atom stereocenters. The molecule has 1 atom stereocenters. The zero-order valence-electron chi connectivity index (χ0n) is 13.5. The smallest absolute Gasteiger partial charge is 0.226 e. The van der Waals surface area contributed by atoms with Crippen LogP contribution in [0.3, 0.4) is 0 Å². The third-order valence-electron chi connectivity index (χ3n) is 5.81. The molecule has 1 saturated heterocycles. The number of rotatable bonds is 4. The summed E-state index contributed by atoms with van der Waals surface area (Å²) in [6.45, 7) is 2.69. The second-order valence-electron chi connectivity index (χ2n) is 7.06. The predicted molar refractivity (Wildman–Crippen MR) is 93.1 cm³/mol. The summed E-state index contributed by atoms with van der Waals surface area (Å²) in [5.74, 6) is 0.790. The molecular formula is C20H24N2O. The SMILES string of the molecule is O=C(NCc1ccc2ccccc2c1)C1([C@@H]2CCNC2)CCC1. The molecule has 1 amide bonds. The average molecular weight is 308 g/mol. The summed E-state index contributed by atoms with van der Waals surface area (Å²) in [6, 6.07) is 14.8. The standard InChI is InChI=1S/C20H24N2O/c23-19(20(9-3-10-20)18-8-11-21-14-18)22-13-15-6-7-16-4-1-2-5-17(16)12-15/h1-2,4-7,12,18,21H,3,8-11,13-14H2,(H,22,23)/t18-/m1/s1. The predicted octanol–water partition coefficient (Wildman–Crippen LogP) is 3.24. The summed E-state index contributed by atoms with van der Waals surface area (Å²) in [5, 5.41) is 9.11. The van der Waals surface area contributed by atoms with Crippen molar-refractivity contribution in [1.29, 1.82) is 0 Å². The van der Waals surface area contributed by atoms with Crippen molar-refractivity contribution in [3.8, 4) is 0 Å². The molecule has 3 nitrogen and oxygen atoms in total. The first-order valence-electron chi connectivity index (χ1n) is 8.75. The van der Waals surface area contributed by atoms with Gasteiger partial charge in [-0.05, 0) is 60.7 Å². The van der Waals surface area contributed by atoms with Gasteiger partial charge in [0.15, 0.2) is 0 Å². The summed E-state index contributed by atoms with van der Waals surface area (Å²) in [4.78, 5) is 12.8. The molecule has 1 aliphatic carbocycles. The Morgan fingerprint density at radius 2 is 2.00 bits per heavy atom. The molecule has 4 rings (SSSR count). The fraction of sp³-hybridized carbons (Fsp3) is 0.450. The van der Waals surface area contributed by atoms with Crippen LogP contribution in [-0.2, 0) is 11.3 Å². The molecule has 1 heterocycles. The fourth-order valence-corrected chi connectivity index (χ4v) is 4.21. The highest BCUT2D eigenvalue weighted by molar-refractivity contribution is 5.85. The maximum Gasteiger partial charge on any atom is 0.226 e. The van der Waals surface area contributed by atoms with Gasteiger partial charge in [-0.25, -0.2) is 0 Å². The van der Waals surface area contributed by atoms with E-state index < -0.39 is 0 Å². The average Bonchev–Trinajstić information content (AvgIpc) is 3.06. The number of amides is 1. The minimum absolute atomic E-state index is 0.0969. The Balaban J connectivity index is 1.45. The van der Waals surface area contributed by atoms with Gasteiger partial charge in [0.2, 0.25) is 5.91 Å². The van der Waals surface area contributed by atoms with Gasteiger partial charge in [0, 0.05) is 6.54 Å². The van der Waals surface area contributed by atoms with Crippen LogP contribution in [0.1, 0.15) is 31.2 Å². The first-order chi connectivity index (χ1) is 11.3. The van der Waals surface area contributed by atoms with E-state index in [2.05, 4.69) is 53.1 Å². The molecule has 23 heavy (non-hydrogen) atoms. The van der Waals surface area contributed by atoms with E-state index in [1.54, 1.807) is 0 Å². The molecule has 2 aliphatic rings. The third kappa shape index (κ3) is 2.63. The molecule has 1 aliphatic heterocycles. The quantitative estimate of drug-likeness (QED) is 0.910. The van der Waals surface area contributed by atoms with Crippen molar-refractivity contribution in [2.75, 3.05) is 13.1 Å². The molecule has 120 valence electrons. The first kappa shape index (κ1) is 14.7. The molecular weight excluding hydrogens is 284 g/mol. The van der Waals surface area contributed by atoms with E-state index in [4.69, 9.17) is 0 Å². The van der Waals surface area contributed by atoms with Gasteiger partial charge in [-0.2, -0.15) is 0 Å². The van der Waals surface area contributed by atoms with Crippen LogP contribution in [0.5, 0.6) is 0 Å². The van der Waals surface area contributed by atoms with Crippen molar-refractivity contribution in [2.24, 2.45) is 11.3 Å². The zero-order valence-corrected chi connectivity index (χ0v) is 13.5. The van der Waals surface area contributed by atoms with Gasteiger partial charge in [0.05, 0.1) is 5.41 Å². The monoisotopic (exact) mass is 308 g/mol. The maximum atomic E-state index is 12.8. The van der Waals surface area contributed by atoms with Crippen LogP contribution < -0.4 is 10.6 Å². The number of hydrogen-bond acceptors (Lipinski definition) is 2. The van der Waals surface area contributed by atoms with E-state index in [9.17, 15) is 4.79 Å². The minimum Gasteiger partial charge on any atom is -0.352 e. The lowest BCUT2D eigenvalue weighted by atomic mass is 9.60. The summed E-state index contributed by atoms with van der Waals surface area (Å²) in [5.41, 5.74) is 1.08. The van der Waals surface area contributed by atoms with Crippen molar-refractivity contribution in [3.05, 3.63) is 48.0 Å². The van der Waals surface area contributed by atoms with Gasteiger partial charge >= 0.3 is 0 Å². The second kappa shape index (κ2) is 5.97.